The zero-order valence-corrected chi connectivity index (χ0v) is 14.2. The van der Waals surface area contributed by atoms with Gasteiger partial charge in [0.05, 0.1) is 6.33 Å². The molecule has 0 aromatic carbocycles. The molecule has 6 heteroatoms. The number of anilines is 1. The average molecular weight is 327 g/mol. The first kappa shape index (κ1) is 16.5. The molecule has 2 aromatic rings. The molecule has 1 amide bonds. The van der Waals surface area contributed by atoms with Gasteiger partial charge < -0.3 is 14.8 Å². The van der Waals surface area contributed by atoms with Crippen molar-refractivity contribution in [3.63, 3.8) is 0 Å². The summed E-state index contributed by atoms with van der Waals surface area (Å²) in [5, 5.41) is 3.18. The molecule has 1 atom stereocenters. The molecule has 1 unspecified atom stereocenters. The lowest BCUT2D eigenvalue weighted by molar-refractivity contribution is -0.122. The van der Waals surface area contributed by atoms with Gasteiger partial charge >= 0.3 is 0 Å². The van der Waals surface area contributed by atoms with E-state index < -0.39 is 0 Å². The minimum atomic E-state index is 0.138. The van der Waals surface area contributed by atoms with Crippen molar-refractivity contribution in [3.05, 3.63) is 42.6 Å². The van der Waals surface area contributed by atoms with Crippen molar-refractivity contribution in [2.45, 2.75) is 45.2 Å². The molecule has 1 fully saturated rings. The van der Waals surface area contributed by atoms with Crippen LogP contribution in [0.4, 0.5) is 5.82 Å². The second-order valence-corrected chi connectivity index (χ2v) is 6.39. The van der Waals surface area contributed by atoms with Crippen molar-refractivity contribution in [2.24, 2.45) is 0 Å². The molecule has 2 aromatic heterocycles. The van der Waals surface area contributed by atoms with E-state index in [2.05, 4.69) is 20.2 Å². The van der Waals surface area contributed by atoms with Crippen LogP contribution in [-0.2, 0) is 11.3 Å². The maximum atomic E-state index is 12.2. The van der Waals surface area contributed by atoms with Crippen LogP contribution in [0.3, 0.4) is 0 Å². The lowest BCUT2D eigenvalue weighted by atomic mass is 10.1. The summed E-state index contributed by atoms with van der Waals surface area (Å²) in [6.45, 7) is 4.68. The number of amides is 1. The van der Waals surface area contributed by atoms with Crippen molar-refractivity contribution in [3.8, 4) is 0 Å². The molecule has 1 saturated heterocycles. The Labute approximate surface area is 142 Å². The number of nitrogens with one attached hydrogen (secondary N) is 1. The molecular weight excluding hydrogens is 302 g/mol. The Morgan fingerprint density at radius 2 is 2.33 bits per heavy atom. The van der Waals surface area contributed by atoms with Crippen LogP contribution in [0.25, 0.3) is 0 Å². The lowest BCUT2D eigenvalue weighted by Gasteiger charge is -2.34. The second kappa shape index (κ2) is 7.95. The first-order valence-electron chi connectivity index (χ1n) is 8.64. The first-order valence-corrected chi connectivity index (χ1v) is 8.64. The highest BCUT2D eigenvalue weighted by Gasteiger charge is 2.22. The summed E-state index contributed by atoms with van der Waals surface area (Å²) in [7, 11) is 0. The molecule has 0 saturated carbocycles. The highest BCUT2D eigenvalue weighted by atomic mass is 16.1. The second-order valence-electron chi connectivity index (χ2n) is 6.39. The Kier molecular flexibility index (Phi) is 5.46. The van der Waals surface area contributed by atoms with E-state index in [-0.39, 0.29) is 11.9 Å². The van der Waals surface area contributed by atoms with Crippen LogP contribution in [0.15, 0.2) is 36.9 Å². The number of aryl methyl sites for hydroxylation is 2. The quantitative estimate of drug-likeness (QED) is 0.883. The monoisotopic (exact) mass is 327 g/mol. The van der Waals surface area contributed by atoms with Crippen molar-refractivity contribution < 1.29 is 4.79 Å². The van der Waals surface area contributed by atoms with Crippen LogP contribution in [-0.4, -0.2) is 39.6 Å². The molecule has 0 aliphatic carbocycles. The van der Waals surface area contributed by atoms with Crippen LogP contribution >= 0.6 is 0 Å². The zero-order valence-electron chi connectivity index (χ0n) is 14.2. The first-order chi connectivity index (χ1) is 11.7. The zero-order chi connectivity index (χ0) is 16.8. The fourth-order valence-corrected chi connectivity index (χ4v) is 3.15. The lowest BCUT2D eigenvalue weighted by Crippen LogP contribution is -2.48. The predicted octanol–water partition coefficient (Wildman–Crippen LogP) is 2.15. The van der Waals surface area contributed by atoms with Crippen molar-refractivity contribution in [1.29, 1.82) is 0 Å². The molecule has 1 N–H and O–H groups in total. The molecule has 1 aliphatic heterocycles. The molecule has 128 valence electrons. The van der Waals surface area contributed by atoms with Crippen LogP contribution < -0.4 is 10.2 Å². The Hall–Kier alpha value is -2.37. The van der Waals surface area contributed by atoms with Gasteiger partial charge in [0.15, 0.2) is 0 Å². The summed E-state index contributed by atoms with van der Waals surface area (Å²) in [5.74, 6) is 1.15. The number of aromatic nitrogens is 3. The number of nitrogens with zero attached hydrogens (tertiary/aromatic N) is 4. The predicted molar refractivity (Wildman–Crippen MR) is 93.8 cm³/mol. The maximum absolute atomic E-state index is 12.2. The maximum Gasteiger partial charge on any atom is 0.220 e. The summed E-state index contributed by atoms with van der Waals surface area (Å²) in [6, 6.07) is 6.30. The summed E-state index contributed by atoms with van der Waals surface area (Å²) < 4.78 is 2.00. The number of piperidine rings is 1. The summed E-state index contributed by atoms with van der Waals surface area (Å²) >= 11 is 0. The molecule has 0 spiro atoms. The summed E-state index contributed by atoms with van der Waals surface area (Å²) in [6.07, 6.45) is 8.97. The fourth-order valence-electron chi connectivity index (χ4n) is 3.15. The standard InChI is InChI=1S/C18H25N5O/c1-15-5-2-7-17(20-15)23-11-3-6-16(13-23)21-18(24)8-4-10-22-12-9-19-14-22/h2,5,7,9,12,14,16H,3-4,6,8,10-11,13H2,1H3,(H,21,24). The van der Waals surface area contributed by atoms with Gasteiger partial charge in [-0.25, -0.2) is 9.97 Å². The van der Waals surface area contributed by atoms with E-state index in [1.807, 2.05) is 35.9 Å². The molecule has 0 radical (unpaired) electrons. The van der Waals surface area contributed by atoms with Crippen molar-refractivity contribution in [1.82, 2.24) is 19.9 Å². The summed E-state index contributed by atoms with van der Waals surface area (Å²) in [5.41, 5.74) is 1.03. The number of pyridine rings is 1. The van der Waals surface area contributed by atoms with Crippen LogP contribution in [0, 0.1) is 6.92 Å². The Bertz CT molecular complexity index is 655. The van der Waals surface area contributed by atoms with Gasteiger partial charge in [0, 0.05) is 50.2 Å². The number of imidazole rings is 1. The molecule has 3 heterocycles. The smallest absolute Gasteiger partial charge is 0.220 e. The molecular formula is C18H25N5O. The minimum absolute atomic E-state index is 0.138. The number of hydrogen-bond donors (Lipinski definition) is 1. The number of rotatable bonds is 6. The normalized spacial score (nSPS) is 17.7. The third-order valence-electron chi connectivity index (χ3n) is 4.36. The Balaban J connectivity index is 1.45. The Morgan fingerprint density at radius 1 is 1.42 bits per heavy atom. The molecule has 3 rings (SSSR count). The molecule has 0 bridgehead atoms. The van der Waals surface area contributed by atoms with Gasteiger partial charge in [-0.15, -0.1) is 0 Å². The van der Waals surface area contributed by atoms with Gasteiger partial charge in [-0.2, -0.15) is 0 Å². The van der Waals surface area contributed by atoms with E-state index in [1.54, 1.807) is 12.5 Å². The third kappa shape index (κ3) is 4.57. The van der Waals surface area contributed by atoms with Gasteiger partial charge in [-0.05, 0) is 38.3 Å². The fraction of sp³-hybridized carbons (Fsp3) is 0.500. The van der Waals surface area contributed by atoms with E-state index >= 15 is 0 Å². The van der Waals surface area contributed by atoms with Gasteiger partial charge in [-0.3, -0.25) is 4.79 Å². The number of carbonyl (C=O) groups excluding carboxylic acids is 1. The number of carbonyl (C=O) groups is 1. The van der Waals surface area contributed by atoms with Gasteiger partial charge in [0.25, 0.3) is 0 Å². The van der Waals surface area contributed by atoms with Crippen LogP contribution in [0.1, 0.15) is 31.4 Å². The van der Waals surface area contributed by atoms with Crippen LogP contribution in [0.5, 0.6) is 0 Å². The van der Waals surface area contributed by atoms with E-state index in [0.717, 1.165) is 50.4 Å². The summed E-state index contributed by atoms with van der Waals surface area (Å²) in [4.78, 5) is 23.0. The average Bonchev–Trinajstić information content (AvgIpc) is 3.08. The number of hydrogen-bond acceptors (Lipinski definition) is 4. The molecule has 1 aliphatic rings. The van der Waals surface area contributed by atoms with E-state index in [9.17, 15) is 4.79 Å². The van der Waals surface area contributed by atoms with E-state index in [1.165, 1.54) is 0 Å². The van der Waals surface area contributed by atoms with Crippen LogP contribution in [0.2, 0.25) is 0 Å². The molecule has 24 heavy (non-hydrogen) atoms. The van der Waals surface area contributed by atoms with Gasteiger partial charge in [0.2, 0.25) is 5.91 Å². The minimum Gasteiger partial charge on any atom is -0.355 e. The molecule has 6 nitrogen and oxygen atoms in total. The van der Waals surface area contributed by atoms with Gasteiger partial charge in [-0.1, -0.05) is 6.07 Å². The van der Waals surface area contributed by atoms with E-state index in [0.29, 0.717) is 6.42 Å². The highest BCUT2D eigenvalue weighted by molar-refractivity contribution is 5.76. The van der Waals surface area contributed by atoms with E-state index in [4.69, 9.17) is 0 Å². The van der Waals surface area contributed by atoms with Crippen molar-refractivity contribution in [2.75, 3.05) is 18.0 Å². The van der Waals surface area contributed by atoms with Crippen molar-refractivity contribution >= 4 is 11.7 Å². The van der Waals surface area contributed by atoms with Gasteiger partial charge in [0.1, 0.15) is 5.82 Å². The Morgan fingerprint density at radius 3 is 3.12 bits per heavy atom. The topological polar surface area (TPSA) is 63.1 Å². The SMILES string of the molecule is Cc1cccc(N2CCCC(NC(=O)CCCn3ccnc3)C2)n1. The largest absolute Gasteiger partial charge is 0.355 e. The highest BCUT2D eigenvalue weighted by Crippen LogP contribution is 2.18. The third-order valence-corrected chi connectivity index (χ3v) is 4.36.